The first-order chi connectivity index (χ1) is 13.9. The quantitative estimate of drug-likeness (QED) is 0.769. The molecule has 6 heteroatoms. The summed E-state index contributed by atoms with van der Waals surface area (Å²) in [7, 11) is 0. The Kier molecular flexibility index (Phi) is 4.26. The van der Waals surface area contributed by atoms with Crippen LogP contribution in [-0.4, -0.2) is 12.0 Å². The van der Waals surface area contributed by atoms with Crippen LogP contribution >= 0.6 is 0 Å². The van der Waals surface area contributed by atoms with Gasteiger partial charge in [0.2, 0.25) is 11.7 Å². The molecule has 0 amide bonds. The van der Waals surface area contributed by atoms with Crippen molar-refractivity contribution < 1.29 is 9.47 Å². The van der Waals surface area contributed by atoms with E-state index in [1.54, 1.807) is 6.92 Å². The summed E-state index contributed by atoms with van der Waals surface area (Å²) in [4.78, 5) is 0. The SMILES string of the molecule is Cc1ccc(C23OC(=N)C(C#N)(C2C)C(C#N)(C#N)C(C2CC=CCC2)O3)cc1. The average molecular weight is 386 g/mol. The summed E-state index contributed by atoms with van der Waals surface area (Å²) >= 11 is 0. The van der Waals surface area contributed by atoms with Crippen molar-refractivity contribution in [2.45, 2.75) is 45.0 Å². The van der Waals surface area contributed by atoms with E-state index in [0.29, 0.717) is 12.0 Å². The van der Waals surface area contributed by atoms with Gasteiger partial charge in [-0.3, -0.25) is 5.41 Å². The summed E-state index contributed by atoms with van der Waals surface area (Å²) < 4.78 is 12.5. The minimum atomic E-state index is -1.82. The number of hydrogen-bond donors (Lipinski definition) is 1. The molecule has 2 aliphatic heterocycles. The topological polar surface area (TPSA) is 114 Å². The molecule has 6 nitrogen and oxygen atoms in total. The van der Waals surface area contributed by atoms with E-state index >= 15 is 0 Å². The van der Waals surface area contributed by atoms with Crippen LogP contribution in [0.5, 0.6) is 0 Å². The zero-order chi connectivity index (χ0) is 20.9. The number of nitrogens with zero attached hydrogens (tertiary/aromatic N) is 3. The molecule has 0 radical (unpaired) electrons. The van der Waals surface area contributed by atoms with Gasteiger partial charge in [-0.2, -0.15) is 15.8 Å². The molecule has 0 spiro atoms. The fourth-order valence-corrected chi connectivity index (χ4v) is 5.22. The number of allylic oxidation sites excluding steroid dienone is 2. The third kappa shape index (κ3) is 2.20. The van der Waals surface area contributed by atoms with Crippen LogP contribution in [0.15, 0.2) is 36.4 Å². The number of rotatable bonds is 2. The lowest BCUT2D eigenvalue weighted by Crippen LogP contribution is -2.62. The molecule has 4 rings (SSSR count). The molecule has 0 saturated carbocycles. The Hall–Kier alpha value is -3.14. The number of nitriles is 3. The highest BCUT2D eigenvalue weighted by Gasteiger charge is 2.80. The van der Waals surface area contributed by atoms with Crippen LogP contribution in [0.25, 0.3) is 0 Å². The van der Waals surface area contributed by atoms with Crippen LogP contribution in [0.3, 0.4) is 0 Å². The molecule has 0 aromatic heterocycles. The Balaban J connectivity index is 1.97. The molecule has 146 valence electrons. The highest BCUT2D eigenvalue weighted by Crippen LogP contribution is 2.66. The van der Waals surface area contributed by atoms with Crippen molar-refractivity contribution >= 4 is 5.90 Å². The minimum absolute atomic E-state index is 0.112. The van der Waals surface area contributed by atoms with Gasteiger partial charge in [-0.15, -0.1) is 0 Å². The van der Waals surface area contributed by atoms with Gasteiger partial charge in [0.1, 0.15) is 0 Å². The van der Waals surface area contributed by atoms with Crippen molar-refractivity contribution in [2.24, 2.45) is 22.7 Å². The van der Waals surface area contributed by atoms with Gasteiger partial charge >= 0.3 is 0 Å². The van der Waals surface area contributed by atoms with E-state index in [1.807, 2.05) is 37.3 Å². The third-order valence-electron chi connectivity index (χ3n) is 6.90. The highest BCUT2D eigenvalue weighted by molar-refractivity contribution is 5.89. The summed E-state index contributed by atoms with van der Waals surface area (Å²) in [6, 6.07) is 14.0. The summed E-state index contributed by atoms with van der Waals surface area (Å²) in [5.74, 6) is -2.54. The maximum absolute atomic E-state index is 10.3. The summed E-state index contributed by atoms with van der Waals surface area (Å²) in [5.41, 5.74) is -1.77. The van der Waals surface area contributed by atoms with E-state index in [0.717, 1.165) is 18.4 Å². The van der Waals surface area contributed by atoms with Crippen molar-refractivity contribution in [3.63, 3.8) is 0 Å². The van der Waals surface area contributed by atoms with E-state index in [4.69, 9.17) is 14.9 Å². The summed E-state index contributed by atoms with van der Waals surface area (Å²) in [5, 5.41) is 39.3. The lowest BCUT2D eigenvalue weighted by molar-refractivity contribution is -0.296. The number of fused-ring (bicyclic) bond motifs is 2. The zero-order valence-corrected chi connectivity index (χ0v) is 16.5. The normalized spacial score (nSPS) is 37.1. The number of benzene rings is 1. The van der Waals surface area contributed by atoms with Crippen molar-refractivity contribution in [2.75, 3.05) is 0 Å². The van der Waals surface area contributed by atoms with Gasteiger partial charge in [-0.25, -0.2) is 0 Å². The second-order valence-electron chi connectivity index (χ2n) is 8.22. The lowest BCUT2D eigenvalue weighted by Gasteiger charge is -2.51. The molecular formula is C23H22N4O2. The third-order valence-corrected chi connectivity index (χ3v) is 6.90. The van der Waals surface area contributed by atoms with Crippen LogP contribution in [0.2, 0.25) is 0 Å². The molecule has 1 N–H and O–H groups in total. The molecule has 5 unspecified atom stereocenters. The molecular weight excluding hydrogens is 364 g/mol. The van der Waals surface area contributed by atoms with E-state index in [1.165, 1.54) is 0 Å². The Morgan fingerprint density at radius 1 is 1.07 bits per heavy atom. The van der Waals surface area contributed by atoms with Gasteiger partial charge < -0.3 is 9.47 Å². The van der Waals surface area contributed by atoms with Crippen molar-refractivity contribution in [3.05, 3.63) is 47.5 Å². The Labute approximate surface area is 170 Å². The van der Waals surface area contributed by atoms with Gasteiger partial charge in [-0.1, -0.05) is 48.9 Å². The lowest BCUT2D eigenvalue weighted by atomic mass is 9.52. The van der Waals surface area contributed by atoms with E-state index in [2.05, 4.69) is 24.3 Å². The smallest absolute Gasteiger partial charge is 0.243 e. The molecule has 2 fully saturated rings. The predicted octanol–water partition coefficient (Wildman–Crippen LogP) is 4.09. The second kappa shape index (κ2) is 6.45. The number of nitrogens with one attached hydrogen (secondary N) is 1. The maximum atomic E-state index is 10.3. The molecule has 1 aliphatic carbocycles. The Morgan fingerprint density at radius 2 is 1.76 bits per heavy atom. The van der Waals surface area contributed by atoms with Crippen LogP contribution < -0.4 is 0 Å². The van der Waals surface area contributed by atoms with Crippen LogP contribution in [0, 0.1) is 69.0 Å². The number of aryl methyl sites for hydroxylation is 1. The molecule has 2 heterocycles. The molecule has 2 bridgehead atoms. The van der Waals surface area contributed by atoms with Gasteiger partial charge in [0, 0.05) is 5.56 Å². The molecule has 3 aliphatic rings. The fraction of sp³-hybridized carbons (Fsp3) is 0.478. The first-order valence-electron chi connectivity index (χ1n) is 9.83. The Morgan fingerprint density at radius 3 is 2.31 bits per heavy atom. The number of ether oxygens (including phenoxy) is 2. The van der Waals surface area contributed by atoms with E-state index in [9.17, 15) is 15.8 Å². The Bertz CT molecular complexity index is 995. The first-order valence-corrected chi connectivity index (χ1v) is 9.83. The van der Waals surface area contributed by atoms with E-state index < -0.39 is 28.6 Å². The summed E-state index contributed by atoms with van der Waals surface area (Å²) in [6.07, 6.45) is 5.49. The van der Waals surface area contributed by atoms with Crippen LogP contribution in [0.1, 0.15) is 37.3 Å². The van der Waals surface area contributed by atoms with Crippen LogP contribution in [-0.2, 0) is 15.3 Å². The maximum Gasteiger partial charge on any atom is 0.243 e. The van der Waals surface area contributed by atoms with Crippen LogP contribution in [0.4, 0.5) is 0 Å². The van der Waals surface area contributed by atoms with Gasteiger partial charge in [0.25, 0.3) is 0 Å². The molecule has 29 heavy (non-hydrogen) atoms. The first kappa shape index (κ1) is 19.2. The molecule has 5 atom stereocenters. The fourth-order valence-electron chi connectivity index (χ4n) is 5.22. The molecule has 1 aromatic rings. The predicted molar refractivity (Wildman–Crippen MR) is 104 cm³/mol. The monoisotopic (exact) mass is 386 g/mol. The largest absolute Gasteiger partial charge is 0.443 e. The molecule has 1 aromatic carbocycles. The number of hydrogen-bond acceptors (Lipinski definition) is 6. The van der Waals surface area contributed by atoms with Gasteiger partial charge in [0.05, 0.1) is 30.2 Å². The second-order valence-corrected chi connectivity index (χ2v) is 8.22. The highest BCUT2D eigenvalue weighted by atomic mass is 16.7. The average Bonchev–Trinajstić information content (AvgIpc) is 2.91. The zero-order valence-electron chi connectivity index (χ0n) is 16.5. The van der Waals surface area contributed by atoms with Crippen molar-refractivity contribution in [1.82, 2.24) is 0 Å². The van der Waals surface area contributed by atoms with Crippen molar-refractivity contribution in [3.8, 4) is 18.2 Å². The van der Waals surface area contributed by atoms with Crippen molar-refractivity contribution in [1.29, 1.82) is 21.2 Å². The van der Waals surface area contributed by atoms with E-state index in [-0.39, 0.29) is 11.8 Å². The minimum Gasteiger partial charge on any atom is -0.443 e. The standard InChI is InChI=1S/C23H22N4O2/c1-15-8-10-18(11-9-15)23-16(2)22(14-26,20(27)29-23)21(12-24,13-25)19(28-23)17-6-4-3-5-7-17/h3-4,8-11,16-17,19,27H,5-7H2,1-2H3. The van der Waals surface area contributed by atoms with Gasteiger partial charge in [0.15, 0.2) is 10.8 Å². The summed E-state index contributed by atoms with van der Waals surface area (Å²) in [6.45, 7) is 3.71. The molecule has 2 saturated heterocycles. The van der Waals surface area contributed by atoms with Gasteiger partial charge in [-0.05, 0) is 32.1 Å².